The number of carboxylic acid groups (broad SMARTS) is 1. The van der Waals surface area contributed by atoms with E-state index in [1.807, 2.05) is 45.0 Å². The Bertz CT molecular complexity index is 776. The molecule has 0 bridgehead atoms. The molecule has 0 saturated heterocycles. The number of carbonyl (C=O) groups excluding carboxylic acids is 1. The first kappa shape index (κ1) is 19.3. The van der Waals surface area contributed by atoms with E-state index in [0.29, 0.717) is 30.9 Å². The minimum absolute atomic E-state index is 0.307. The number of ether oxygens (including phenoxy) is 1. The summed E-state index contributed by atoms with van der Waals surface area (Å²) in [6, 6.07) is 14.1. The fourth-order valence-electron chi connectivity index (χ4n) is 2.69. The van der Waals surface area contributed by atoms with E-state index in [-0.39, 0.29) is 0 Å². The highest BCUT2D eigenvalue weighted by molar-refractivity contribution is 5.90. The number of hydrogen-bond acceptors (Lipinski definition) is 3. The van der Waals surface area contributed by atoms with Crippen molar-refractivity contribution in [3.05, 3.63) is 54.1 Å². The molecule has 0 heterocycles. The van der Waals surface area contributed by atoms with Crippen molar-refractivity contribution in [1.82, 2.24) is 0 Å². The van der Waals surface area contributed by atoms with E-state index < -0.39 is 12.2 Å². The highest BCUT2D eigenvalue weighted by Crippen LogP contribution is 2.24. The van der Waals surface area contributed by atoms with Crippen LogP contribution < -0.4 is 14.5 Å². The molecule has 26 heavy (non-hydrogen) atoms. The molecule has 0 radical (unpaired) electrons. The van der Waals surface area contributed by atoms with Gasteiger partial charge in [-0.15, -0.1) is 0 Å². The standard InChI is InChI=1S/C20H24N2O4/c1-4-13-22(19(23)24)16-10-8-11-17(14-16)26-20(25)21(5-2)18-12-7-6-9-15(18)3/h6-12,14H,4-5,13H2,1-3H3,(H,23,24). The second-order valence-electron chi connectivity index (χ2n) is 5.83. The van der Waals surface area contributed by atoms with E-state index in [1.54, 1.807) is 29.2 Å². The summed E-state index contributed by atoms with van der Waals surface area (Å²) < 4.78 is 5.49. The van der Waals surface area contributed by atoms with Crippen molar-refractivity contribution in [2.24, 2.45) is 0 Å². The highest BCUT2D eigenvalue weighted by Gasteiger charge is 2.19. The molecule has 0 unspecified atom stereocenters. The van der Waals surface area contributed by atoms with Gasteiger partial charge >= 0.3 is 12.2 Å². The average molecular weight is 356 g/mol. The van der Waals surface area contributed by atoms with E-state index in [2.05, 4.69) is 0 Å². The van der Waals surface area contributed by atoms with E-state index in [1.165, 1.54) is 4.90 Å². The maximum absolute atomic E-state index is 12.6. The Morgan fingerprint density at radius 3 is 2.38 bits per heavy atom. The Morgan fingerprint density at radius 2 is 1.77 bits per heavy atom. The van der Waals surface area contributed by atoms with Crippen LogP contribution in [0.1, 0.15) is 25.8 Å². The molecule has 0 aliphatic heterocycles. The fourth-order valence-corrected chi connectivity index (χ4v) is 2.69. The molecule has 0 aromatic heterocycles. The molecule has 0 atom stereocenters. The van der Waals surface area contributed by atoms with Gasteiger partial charge in [0.05, 0.1) is 5.69 Å². The first-order chi connectivity index (χ1) is 12.5. The van der Waals surface area contributed by atoms with Crippen molar-refractivity contribution in [1.29, 1.82) is 0 Å². The Kier molecular flexibility index (Phi) is 6.60. The van der Waals surface area contributed by atoms with Gasteiger partial charge in [0, 0.05) is 24.8 Å². The summed E-state index contributed by atoms with van der Waals surface area (Å²) in [7, 11) is 0. The zero-order chi connectivity index (χ0) is 19.1. The number of nitrogens with zero attached hydrogens (tertiary/aromatic N) is 2. The lowest BCUT2D eigenvalue weighted by atomic mass is 10.2. The predicted molar refractivity (Wildman–Crippen MR) is 102 cm³/mol. The quantitative estimate of drug-likeness (QED) is 0.798. The summed E-state index contributed by atoms with van der Waals surface area (Å²) in [5, 5.41) is 9.35. The van der Waals surface area contributed by atoms with Gasteiger partial charge in [-0.1, -0.05) is 31.2 Å². The monoisotopic (exact) mass is 356 g/mol. The largest absolute Gasteiger partial charge is 0.465 e. The maximum atomic E-state index is 12.6. The number of anilines is 2. The third-order valence-electron chi connectivity index (χ3n) is 3.96. The van der Waals surface area contributed by atoms with Crippen LogP contribution in [-0.4, -0.2) is 30.4 Å². The molecule has 0 saturated carbocycles. The van der Waals surface area contributed by atoms with Crippen LogP contribution in [0, 0.1) is 6.92 Å². The van der Waals surface area contributed by atoms with Gasteiger partial charge in [-0.2, -0.15) is 0 Å². The molecule has 0 aliphatic rings. The van der Waals surface area contributed by atoms with Crippen LogP contribution in [0.3, 0.4) is 0 Å². The number of carbonyl (C=O) groups is 2. The molecular formula is C20H24N2O4. The number of benzene rings is 2. The Labute approximate surface area is 153 Å². The lowest BCUT2D eigenvalue weighted by molar-refractivity contribution is 0.202. The lowest BCUT2D eigenvalue weighted by Gasteiger charge is -2.23. The second-order valence-corrected chi connectivity index (χ2v) is 5.83. The summed E-state index contributed by atoms with van der Waals surface area (Å²) in [4.78, 5) is 26.8. The molecule has 0 aliphatic carbocycles. The van der Waals surface area contributed by atoms with Crippen molar-refractivity contribution >= 4 is 23.6 Å². The van der Waals surface area contributed by atoms with Crippen LogP contribution in [0.15, 0.2) is 48.5 Å². The smallest absolute Gasteiger partial charge is 0.419 e. The minimum atomic E-state index is -1.04. The zero-order valence-corrected chi connectivity index (χ0v) is 15.3. The number of aryl methyl sites for hydroxylation is 1. The van der Waals surface area contributed by atoms with Crippen molar-refractivity contribution in [2.75, 3.05) is 22.9 Å². The number of rotatable bonds is 6. The van der Waals surface area contributed by atoms with Crippen LogP contribution in [0.2, 0.25) is 0 Å². The van der Waals surface area contributed by atoms with Crippen molar-refractivity contribution in [3.8, 4) is 5.75 Å². The van der Waals surface area contributed by atoms with Gasteiger partial charge < -0.3 is 9.84 Å². The first-order valence-electron chi connectivity index (χ1n) is 8.63. The second kappa shape index (κ2) is 8.89. The summed E-state index contributed by atoms with van der Waals surface area (Å²) in [6.07, 6.45) is -0.852. The zero-order valence-electron chi connectivity index (χ0n) is 15.3. The van der Waals surface area contributed by atoms with Crippen LogP contribution in [0.25, 0.3) is 0 Å². The average Bonchev–Trinajstić information content (AvgIpc) is 2.62. The maximum Gasteiger partial charge on any atom is 0.419 e. The Morgan fingerprint density at radius 1 is 1.04 bits per heavy atom. The molecule has 2 rings (SSSR count). The van der Waals surface area contributed by atoms with Crippen LogP contribution in [-0.2, 0) is 0 Å². The first-order valence-corrected chi connectivity index (χ1v) is 8.63. The van der Waals surface area contributed by atoms with Gasteiger partial charge in [-0.25, -0.2) is 9.59 Å². The number of para-hydroxylation sites is 1. The molecular weight excluding hydrogens is 332 g/mol. The summed E-state index contributed by atoms with van der Waals surface area (Å²) in [5.74, 6) is 0.307. The predicted octanol–water partition coefficient (Wildman–Crippen LogP) is 4.91. The summed E-state index contributed by atoms with van der Waals surface area (Å²) in [5.41, 5.74) is 2.23. The van der Waals surface area contributed by atoms with Crippen LogP contribution >= 0.6 is 0 Å². The highest BCUT2D eigenvalue weighted by atomic mass is 16.6. The lowest BCUT2D eigenvalue weighted by Crippen LogP contribution is -2.34. The molecule has 6 heteroatoms. The van der Waals surface area contributed by atoms with Gasteiger partial charge in [0.2, 0.25) is 0 Å². The van der Waals surface area contributed by atoms with E-state index in [4.69, 9.17) is 4.74 Å². The number of hydrogen-bond donors (Lipinski definition) is 1. The summed E-state index contributed by atoms with van der Waals surface area (Å²) in [6.45, 7) is 6.54. The van der Waals surface area contributed by atoms with Gasteiger partial charge in [-0.05, 0) is 44.0 Å². The third kappa shape index (κ3) is 4.53. The van der Waals surface area contributed by atoms with Crippen molar-refractivity contribution < 1.29 is 19.4 Å². The van der Waals surface area contributed by atoms with Crippen molar-refractivity contribution in [3.63, 3.8) is 0 Å². The van der Waals surface area contributed by atoms with E-state index >= 15 is 0 Å². The van der Waals surface area contributed by atoms with E-state index in [9.17, 15) is 14.7 Å². The van der Waals surface area contributed by atoms with E-state index in [0.717, 1.165) is 11.3 Å². The molecule has 2 aromatic carbocycles. The third-order valence-corrected chi connectivity index (χ3v) is 3.96. The molecule has 2 aromatic rings. The summed E-state index contributed by atoms with van der Waals surface area (Å²) >= 11 is 0. The van der Waals surface area contributed by atoms with Gasteiger partial charge in [-0.3, -0.25) is 9.80 Å². The molecule has 1 N–H and O–H groups in total. The molecule has 0 fully saturated rings. The van der Waals surface area contributed by atoms with Gasteiger partial charge in [0.15, 0.2) is 0 Å². The Hall–Kier alpha value is -3.02. The van der Waals surface area contributed by atoms with Gasteiger partial charge in [0.1, 0.15) is 5.75 Å². The van der Waals surface area contributed by atoms with Gasteiger partial charge in [0.25, 0.3) is 0 Å². The molecule has 138 valence electrons. The topological polar surface area (TPSA) is 70.1 Å². The Balaban J connectivity index is 2.22. The van der Waals surface area contributed by atoms with Crippen LogP contribution in [0.4, 0.5) is 21.0 Å². The van der Waals surface area contributed by atoms with Crippen LogP contribution in [0.5, 0.6) is 5.75 Å². The SMILES string of the molecule is CCCN(C(=O)O)c1cccc(OC(=O)N(CC)c2ccccc2C)c1. The fraction of sp³-hybridized carbons (Fsp3) is 0.300. The molecule has 2 amide bonds. The molecule has 6 nitrogen and oxygen atoms in total. The molecule has 0 spiro atoms. The van der Waals surface area contributed by atoms with Crippen molar-refractivity contribution in [2.45, 2.75) is 27.2 Å². The normalized spacial score (nSPS) is 10.3. The number of amides is 2. The minimum Gasteiger partial charge on any atom is -0.465 e.